The van der Waals surface area contributed by atoms with E-state index >= 15 is 0 Å². The first-order valence-corrected chi connectivity index (χ1v) is 5.33. The SMILES string of the molecule is CCOC(=O)C(O)C1CCCCCN1. The predicted octanol–water partition coefficient (Wildman–Crippen LogP) is 0.443. The van der Waals surface area contributed by atoms with Gasteiger partial charge in [-0.1, -0.05) is 12.8 Å². The average molecular weight is 201 g/mol. The minimum absolute atomic E-state index is 0.128. The summed E-state index contributed by atoms with van der Waals surface area (Å²) in [5.41, 5.74) is 0. The molecule has 1 aliphatic heterocycles. The van der Waals surface area contributed by atoms with Crippen molar-refractivity contribution in [3.63, 3.8) is 0 Å². The van der Waals surface area contributed by atoms with E-state index in [0.717, 1.165) is 25.8 Å². The van der Waals surface area contributed by atoms with E-state index < -0.39 is 12.1 Å². The van der Waals surface area contributed by atoms with Gasteiger partial charge in [0.15, 0.2) is 6.10 Å². The predicted molar refractivity (Wildman–Crippen MR) is 52.9 cm³/mol. The normalized spacial score (nSPS) is 25.1. The number of esters is 1. The quantitative estimate of drug-likeness (QED) is 0.651. The summed E-state index contributed by atoms with van der Waals surface area (Å²) < 4.78 is 4.77. The van der Waals surface area contributed by atoms with Crippen molar-refractivity contribution in [2.45, 2.75) is 44.8 Å². The van der Waals surface area contributed by atoms with Crippen LogP contribution in [0.5, 0.6) is 0 Å². The summed E-state index contributed by atoms with van der Waals surface area (Å²) in [6, 6.07) is -0.128. The number of hydrogen-bond donors (Lipinski definition) is 2. The molecule has 2 atom stereocenters. The summed E-state index contributed by atoms with van der Waals surface area (Å²) in [6.07, 6.45) is 3.19. The lowest BCUT2D eigenvalue weighted by Gasteiger charge is -2.20. The molecule has 0 aromatic rings. The molecule has 1 fully saturated rings. The zero-order valence-electron chi connectivity index (χ0n) is 8.66. The van der Waals surface area contributed by atoms with E-state index in [1.165, 1.54) is 6.42 Å². The fourth-order valence-corrected chi connectivity index (χ4v) is 1.72. The lowest BCUT2D eigenvalue weighted by Crippen LogP contribution is -2.44. The van der Waals surface area contributed by atoms with E-state index in [9.17, 15) is 9.90 Å². The van der Waals surface area contributed by atoms with Crippen molar-refractivity contribution in [2.24, 2.45) is 0 Å². The van der Waals surface area contributed by atoms with Gasteiger partial charge in [0.25, 0.3) is 0 Å². The Kier molecular flexibility index (Phi) is 4.90. The van der Waals surface area contributed by atoms with Crippen molar-refractivity contribution in [3.8, 4) is 0 Å². The molecule has 2 unspecified atom stereocenters. The molecule has 1 heterocycles. The summed E-state index contributed by atoms with van der Waals surface area (Å²) in [4.78, 5) is 11.2. The van der Waals surface area contributed by atoms with Crippen LogP contribution in [0.3, 0.4) is 0 Å². The first-order chi connectivity index (χ1) is 6.75. The summed E-state index contributed by atoms with van der Waals surface area (Å²) >= 11 is 0. The number of nitrogens with one attached hydrogen (secondary N) is 1. The summed E-state index contributed by atoms with van der Waals surface area (Å²) in [5, 5.41) is 12.8. The molecule has 82 valence electrons. The lowest BCUT2D eigenvalue weighted by atomic mass is 10.1. The maximum atomic E-state index is 11.2. The molecule has 4 heteroatoms. The van der Waals surface area contributed by atoms with Crippen LogP contribution in [-0.2, 0) is 9.53 Å². The first-order valence-electron chi connectivity index (χ1n) is 5.33. The minimum atomic E-state index is -1.01. The standard InChI is InChI=1S/C10H19NO3/c1-2-14-10(13)9(12)8-6-4-3-5-7-11-8/h8-9,11-12H,2-7H2,1H3. The second kappa shape index (κ2) is 5.98. The molecule has 2 N–H and O–H groups in total. The highest BCUT2D eigenvalue weighted by Gasteiger charge is 2.27. The van der Waals surface area contributed by atoms with Crippen LogP contribution in [0, 0.1) is 0 Å². The molecule has 0 saturated carbocycles. The molecule has 4 nitrogen and oxygen atoms in total. The van der Waals surface area contributed by atoms with Crippen molar-refractivity contribution < 1.29 is 14.6 Å². The Morgan fingerprint density at radius 3 is 3.07 bits per heavy atom. The third-order valence-electron chi connectivity index (χ3n) is 2.51. The van der Waals surface area contributed by atoms with Crippen LogP contribution in [0.4, 0.5) is 0 Å². The number of carbonyl (C=O) groups excluding carboxylic acids is 1. The Bertz CT molecular complexity index is 176. The fourth-order valence-electron chi connectivity index (χ4n) is 1.72. The molecule has 1 rings (SSSR count). The largest absolute Gasteiger partial charge is 0.464 e. The van der Waals surface area contributed by atoms with Gasteiger partial charge in [-0.2, -0.15) is 0 Å². The van der Waals surface area contributed by atoms with Gasteiger partial charge in [0.2, 0.25) is 0 Å². The van der Waals surface area contributed by atoms with Crippen LogP contribution < -0.4 is 5.32 Å². The Balaban J connectivity index is 2.40. The van der Waals surface area contributed by atoms with Gasteiger partial charge >= 0.3 is 5.97 Å². The summed E-state index contributed by atoms with van der Waals surface area (Å²) in [7, 11) is 0. The molecule has 0 aromatic carbocycles. The average Bonchev–Trinajstić information content (AvgIpc) is 2.45. The second-order valence-corrected chi connectivity index (χ2v) is 3.61. The highest BCUT2D eigenvalue weighted by atomic mass is 16.5. The van der Waals surface area contributed by atoms with Gasteiger partial charge in [0.1, 0.15) is 0 Å². The smallest absolute Gasteiger partial charge is 0.336 e. The maximum Gasteiger partial charge on any atom is 0.336 e. The molecule has 0 spiro atoms. The Morgan fingerprint density at radius 2 is 2.36 bits per heavy atom. The van der Waals surface area contributed by atoms with Gasteiger partial charge in [-0.25, -0.2) is 4.79 Å². The Morgan fingerprint density at radius 1 is 1.57 bits per heavy atom. The number of aliphatic hydroxyl groups excluding tert-OH is 1. The lowest BCUT2D eigenvalue weighted by molar-refractivity contribution is -0.154. The van der Waals surface area contributed by atoms with E-state index in [-0.39, 0.29) is 6.04 Å². The van der Waals surface area contributed by atoms with Crippen molar-refractivity contribution in [1.82, 2.24) is 5.32 Å². The molecule has 0 radical (unpaired) electrons. The van der Waals surface area contributed by atoms with Crippen molar-refractivity contribution >= 4 is 5.97 Å². The molecule has 0 aromatic heterocycles. The van der Waals surface area contributed by atoms with Gasteiger partial charge < -0.3 is 15.2 Å². The van der Waals surface area contributed by atoms with Crippen LogP contribution >= 0.6 is 0 Å². The molecular formula is C10H19NO3. The van der Waals surface area contributed by atoms with Crippen LogP contribution in [0.15, 0.2) is 0 Å². The van der Waals surface area contributed by atoms with Crippen LogP contribution in [0.1, 0.15) is 32.6 Å². The van der Waals surface area contributed by atoms with E-state index in [4.69, 9.17) is 4.74 Å². The topological polar surface area (TPSA) is 58.6 Å². The number of rotatable bonds is 3. The zero-order chi connectivity index (χ0) is 10.4. The van der Waals surface area contributed by atoms with Crippen molar-refractivity contribution in [3.05, 3.63) is 0 Å². The van der Waals surface area contributed by atoms with Crippen LogP contribution in [0.25, 0.3) is 0 Å². The van der Waals surface area contributed by atoms with Gasteiger partial charge in [0.05, 0.1) is 6.61 Å². The van der Waals surface area contributed by atoms with Crippen molar-refractivity contribution in [2.75, 3.05) is 13.2 Å². The number of hydrogen-bond acceptors (Lipinski definition) is 4. The summed E-state index contributed by atoms with van der Waals surface area (Å²) in [6.45, 7) is 2.94. The first kappa shape index (κ1) is 11.5. The molecule has 0 amide bonds. The second-order valence-electron chi connectivity index (χ2n) is 3.61. The monoisotopic (exact) mass is 201 g/mol. The molecular weight excluding hydrogens is 182 g/mol. The van der Waals surface area contributed by atoms with E-state index in [2.05, 4.69) is 5.32 Å². The molecule has 0 aliphatic carbocycles. The van der Waals surface area contributed by atoms with Crippen LogP contribution in [-0.4, -0.2) is 36.4 Å². The third kappa shape index (κ3) is 3.27. The van der Waals surface area contributed by atoms with E-state index in [1.54, 1.807) is 6.92 Å². The highest BCUT2D eigenvalue weighted by Crippen LogP contribution is 2.12. The highest BCUT2D eigenvalue weighted by molar-refractivity contribution is 5.75. The number of aliphatic hydroxyl groups is 1. The molecule has 1 saturated heterocycles. The van der Waals surface area contributed by atoms with Gasteiger partial charge in [-0.3, -0.25) is 0 Å². The van der Waals surface area contributed by atoms with Gasteiger partial charge in [0, 0.05) is 6.04 Å². The number of ether oxygens (including phenoxy) is 1. The van der Waals surface area contributed by atoms with Gasteiger partial charge in [-0.15, -0.1) is 0 Å². The minimum Gasteiger partial charge on any atom is -0.464 e. The Labute approximate surface area is 84.6 Å². The Hall–Kier alpha value is -0.610. The van der Waals surface area contributed by atoms with Crippen molar-refractivity contribution in [1.29, 1.82) is 0 Å². The van der Waals surface area contributed by atoms with E-state index in [1.807, 2.05) is 0 Å². The van der Waals surface area contributed by atoms with Gasteiger partial charge in [-0.05, 0) is 26.3 Å². The molecule has 14 heavy (non-hydrogen) atoms. The molecule has 1 aliphatic rings. The summed E-state index contributed by atoms with van der Waals surface area (Å²) in [5.74, 6) is -0.507. The maximum absolute atomic E-state index is 11.2. The zero-order valence-corrected chi connectivity index (χ0v) is 8.66. The van der Waals surface area contributed by atoms with Crippen LogP contribution in [0.2, 0.25) is 0 Å². The third-order valence-corrected chi connectivity index (χ3v) is 2.51. The molecule has 0 bridgehead atoms. The number of carbonyl (C=O) groups is 1. The fraction of sp³-hybridized carbons (Fsp3) is 0.900. The van der Waals surface area contributed by atoms with E-state index in [0.29, 0.717) is 6.61 Å².